The van der Waals surface area contributed by atoms with Gasteiger partial charge in [0.05, 0.1) is 16.3 Å². The third-order valence-electron chi connectivity index (χ3n) is 9.03. The van der Waals surface area contributed by atoms with Gasteiger partial charge in [0.15, 0.2) is 4.90 Å². The summed E-state index contributed by atoms with van der Waals surface area (Å²) in [5, 5.41) is 26.8. The van der Waals surface area contributed by atoms with Crippen molar-refractivity contribution in [2.24, 2.45) is 5.92 Å². The van der Waals surface area contributed by atoms with E-state index in [-0.39, 0.29) is 32.2 Å². The molecule has 18 nitrogen and oxygen atoms in total. The minimum atomic E-state index is -4.70. The molecule has 4 N–H and O–H groups in total. The second-order valence-electron chi connectivity index (χ2n) is 14.2. The van der Waals surface area contributed by atoms with E-state index in [4.69, 9.17) is 4.74 Å². The molecule has 4 aliphatic rings. The number of amides is 4. The number of nitrogens with zero attached hydrogens (tertiary/aromatic N) is 3. The molecule has 20 heteroatoms. The zero-order valence-electron chi connectivity index (χ0n) is 28.3. The molecular formula is C31H42N6O12S2. The summed E-state index contributed by atoms with van der Waals surface area (Å²) < 4.78 is 61.7. The summed E-state index contributed by atoms with van der Waals surface area (Å²) >= 11 is 0. The molecule has 0 spiro atoms. The van der Waals surface area contributed by atoms with Gasteiger partial charge in [-0.25, -0.2) is 21.6 Å². The van der Waals surface area contributed by atoms with Crippen LogP contribution in [0.5, 0.6) is 0 Å². The third-order valence-corrected chi connectivity index (χ3v) is 12.8. The van der Waals surface area contributed by atoms with Gasteiger partial charge in [0.2, 0.25) is 31.9 Å². The molecule has 2 aliphatic carbocycles. The maximum Gasteiger partial charge on any atom is 0.408 e. The molecule has 1 aromatic rings. The molecule has 5 rings (SSSR count). The first-order chi connectivity index (χ1) is 23.7. The number of nitro benzene ring substituents is 1. The highest BCUT2D eigenvalue weighted by Crippen LogP contribution is 2.46. The van der Waals surface area contributed by atoms with Crippen molar-refractivity contribution in [3.05, 3.63) is 46.5 Å². The van der Waals surface area contributed by atoms with E-state index in [1.807, 2.05) is 0 Å². The van der Waals surface area contributed by atoms with E-state index in [2.05, 4.69) is 15.4 Å². The first-order valence-electron chi connectivity index (χ1n) is 16.5. The fraction of sp³-hybridized carbons (Fsp3) is 0.613. The zero-order chi connectivity index (χ0) is 37.5. The molecule has 3 fully saturated rings. The number of hydrogen-bond donors (Lipinski definition) is 4. The Kier molecular flexibility index (Phi) is 10.5. The van der Waals surface area contributed by atoms with Crippen molar-refractivity contribution >= 4 is 49.5 Å². The van der Waals surface area contributed by atoms with E-state index in [0.29, 0.717) is 12.8 Å². The van der Waals surface area contributed by atoms with E-state index >= 15 is 0 Å². The first-order valence-corrected chi connectivity index (χ1v) is 19.5. The summed E-state index contributed by atoms with van der Waals surface area (Å²) in [6.45, 7) is 3.28. The van der Waals surface area contributed by atoms with Crippen molar-refractivity contribution in [1.82, 2.24) is 24.6 Å². The van der Waals surface area contributed by atoms with E-state index in [1.54, 1.807) is 32.9 Å². The number of nitro groups is 1. The first kappa shape index (κ1) is 38.1. The summed E-state index contributed by atoms with van der Waals surface area (Å²) in [7, 11) is -8.68. The minimum Gasteiger partial charge on any atom is -0.444 e. The lowest BCUT2D eigenvalue weighted by molar-refractivity contribution is -0.387. The highest BCUT2D eigenvalue weighted by Gasteiger charge is 2.62. The normalized spacial score (nSPS) is 28.0. The molecule has 0 aromatic heterocycles. The minimum absolute atomic E-state index is 0.0332. The molecule has 1 saturated heterocycles. The van der Waals surface area contributed by atoms with Gasteiger partial charge in [0.25, 0.3) is 11.6 Å². The second kappa shape index (κ2) is 14.1. The number of allylic oxidation sites excluding steroid dienone is 1. The van der Waals surface area contributed by atoms with Gasteiger partial charge < -0.3 is 25.4 Å². The summed E-state index contributed by atoms with van der Waals surface area (Å²) in [6.07, 6.45) is 1.79. The molecule has 2 heterocycles. The number of aliphatic hydroxyl groups is 1. The molecule has 5 atom stereocenters. The number of fused-ring (bicyclic) bond motifs is 2. The molecule has 1 unspecified atom stereocenters. The Labute approximate surface area is 295 Å². The highest BCUT2D eigenvalue weighted by atomic mass is 32.2. The molecule has 1 aromatic carbocycles. The van der Waals surface area contributed by atoms with Crippen molar-refractivity contribution < 1.29 is 50.8 Å². The van der Waals surface area contributed by atoms with E-state index in [0.717, 1.165) is 21.3 Å². The van der Waals surface area contributed by atoms with Crippen LogP contribution in [0.25, 0.3) is 0 Å². The van der Waals surface area contributed by atoms with Crippen LogP contribution in [0.2, 0.25) is 0 Å². The number of benzene rings is 1. The van der Waals surface area contributed by atoms with Crippen molar-refractivity contribution in [2.45, 2.75) is 98.8 Å². The zero-order valence-corrected chi connectivity index (χ0v) is 29.9. The fourth-order valence-electron chi connectivity index (χ4n) is 6.23. The molecular weight excluding hydrogens is 713 g/mol. The summed E-state index contributed by atoms with van der Waals surface area (Å²) in [6, 6.07) is 1.56. The average Bonchev–Trinajstić information content (AvgIpc) is 3.95. The number of hydrogen-bond acceptors (Lipinski definition) is 12. The van der Waals surface area contributed by atoms with Gasteiger partial charge in [-0.3, -0.25) is 29.2 Å². The van der Waals surface area contributed by atoms with Crippen LogP contribution >= 0.6 is 0 Å². The van der Waals surface area contributed by atoms with Crippen LogP contribution in [0.3, 0.4) is 0 Å². The Balaban J connectivity index is 1.54. The topological polar surface area (TPSA) is 252 Å². The Bertz CT molecular complexity index is 1840. The van der Waals surface area contributed by atoms with Gasteiger partial charge in [-0.2, -0.15) is 4.31 Å². The molecule has 0 radical (unpaired) electrons. The Hall–Kier alpha value is -4.14. The Morgan fingerprint density at radius 1 is 1.12 bits per heavy atom. The number of nitrogens with one attached hydrogen (secondary N) is 3. The van der Waals surface area contributed by atoms with Crippen LogP contribution in [0, 0.1) is 16.0 Å². The summed E-state index contributed by atoms with van der Waals surface area (Å²) in [5.41, 5.74) is -3.42. The predicted octanol–water partition coefficient (Wildman–Crippen LogP) is 0.274. The molecule has 4 amide bonds. The van der Waals surface area contributed by atoms with Gasteiger partial charge >= 0.3 is 6.09 Å². The second-order valence-corrected chi connectivity index (χ2v) is 18.1. The Morgan fingerprint density at radius 3 is 2.45 bits per heavy atom. The third kappa shape index (κ3) is 8.50. The molecule has 0 bridgehead atoms. The number of aliphatic hydroxyl groups excluding tert-OH is 1. The molecule has 51 heavy (non-hydrogen) atoms. The highest BCUT2D eigenvalue weighted by molar-refractivity contribution is 7.91. The smallest absolute Gasteiger partial charge is 0.408 e. The van der Waals surface area contributed by atoms with Gasteiger partial charge in [0.1, 0.15) is 23.2 Å². The van der Waals surface area contributed by atoms with Crippen molar-refractivity contribution in [1.29, 1.82) is 0 Å². The van der Waals surface area contributed by atoms with Crippen LogP contribution in [0.15, 0.2) is 41.3 Å². The SMILES string of the molecule is CC(C)(C)OC(=O)NC1CN(S(=O)(=O)c2ccccc2[N+](=O)[O-])CCCC=C[C@@H]2C[C@@]2(C(=O)NS(=O)(=O)C2CC2)NC(=O)[C@@H]2C[C@@H](O)CN2C1=O. The van der Waals surface area contributed by atoms with Gasteiger partial charge in [-0.05, 0) is 58.9 Å². The van der Waals surface area contributed by atoms with Crippen molar-refractivity contribution in [2.75, 3.05) is 19.6 Å². The van der Waals surface area contributed by atoms with Gasteiger partial charge in [-0.1, -0.05) is 24.3 Å². The summed E-state index contributed by atoms with van der Waals surface area (Å²) in [5.74, 6) is -3.44. The van der Waals surface area contributed by atoms with E-state index in [1.165, 1.54) is 12.1 Å². The van der Waals surface area contributed by atoms with Crippen molar-refractivity contribution in [3.8, 4) is 0 Å². The molecule has 280 valence electrons. The average molecular weight is 755 g/mol. The van der Waals surface area contributed by atoms with Crippen LogP contribution in [-0.2, 0) is 39.2 Å². The van der Waals surface area contributed by atoms with Crippen molar-refractivity contribution in [3.63, 3.8) is 0 Å². The lowest BCUT2D eigenvalue weighted by Crippen LogP contribution is -2.60. The lowest BCUT2D eigenvalue weighted by Gasteiger charge is -2.32. The monoisotopic (exact) mass is 754 g/mol. The maximum absolute atomic E-state index is 14.3. The summed E-state index contributed by atoms with van der Waals surface area (Å²) in [4.78, 5) is 65.9. The largest absolute Gasteiger partial charge is 0.444 e. The quantitative estimate of drug-likeness (QED) is 0.166. The van der Waals surface area contributed by atoms with Crippen LogP contribution in [0.1, 0.15) is 59.3 Å². The lowest BCUT2D eigenvalue weighted by atomic mass is 10.1. The maximum atomic E-state index is 14.3. The number of ether oxygens (including phenoxy) is 1. The van der Waals surface area contributed by atoms with Gasteiger partial charge in [-0.15, -0.1) is 0 Å². The van der Waals surface area contributed by atoms with Crippen LogP contribution in [0.4, 0.5) is 10.5 Å². The van der Waals surface area contributed by atoms with Crippen LogP contribution < -0.4 is 15.4 Å². The van der Waals surface area contributed by atoms with E-state index < -0.39 is 113 Å². The number of sulfonamides is 2. The molecule has 2 aliphatic heterocycles. The Morgan fingerprint density at radius 2 is 1.80 bits per heavy atom. The van der Waals surface area contributed by atoms with Crippen LogP contribution in [-0.4, -0.2) is 114 Å². The number of carbonyl (C=O) groups excluding carboxylic acids is 4. The van der Waals surface area contributed by atoms with Gasteiger partial charge in [0, 0.05) is 38.0 Å². The number of alkyl carbamates (subject to hydrolysis) is 1. The fourth-order valence-corrected chi connectivity index (χ4v) is 9.25. The number of rotatable bonds is 7. The predicted molar refractivity (Wildman–Crippen MR) is 179 cm³/mol. The number of para-hydroxylation sites is 1. The number of carbonyl (C=O) groups is 4. The molecule has 2 saturated carbocycles. The van der Waals surface area contributed by atoms with E-state index in [9.17, 15) is 51.2 Å². The standard InChI is InChI=1S/C31H42N6O12S2/c1-30(2,3)49-29(42)32-22-18-35(51(47,48)25-11-7-6-10-23(25)37(43)44)14-8-4-5-9-19-16-31(19,28(41)34-50(45,46)21-12-13-21)33-26(39)24-15-20(38)17-36(24)27(22)40/h5-7,9-11,19-22,24,38H,4,8,12-18H2,1-3H3,(H,32,42)(H,33,39)(H,34,41)/t19-,20-,22?,24+,31-/m1/s1.